The molecular weight excluding hydrogens is 388 g/mol. The van der Waals surface area contributed by atoms with Crippen LogP contribution in [0.15, 0.2) is 66.7 Å². The molecule has 158 valence electrons. The number of carbonyl (C=O) groups is 2. The average molecular weight is 415 g/mol. The number of amides is 2. The molecule has 5 heteroatoms. The molecule has 31 heavy (non-hydrogen) atoms. The molecule has 0 saturated carbocycles. The highest BCUT2D eigenvalue weighted by atomic mass is 16.5. The van der Waals surface area contributed by atoms with Crippen LogP contribution in [-0.2, 0) is 0 Å². The summed E-state index contributed by atoms with van der Waals surface area (Å²) < 4.78 is 5.81. The number of benzene rings is 3. The summed E-state index contributed by atoms with van der Waals surface area (Å²) >= 11 is 0. The molecule has 0 aliphatic carbocycles. The summed E-state index contributed by atoms with van der Waals surface area (Å²) in [5.74, 6) is 0.780. The highest BCUT2D eigenvalue weighted by Crippen LogP contribution is 2.34. The van der Waals surface area contributed by atoms with Gasteiger partial charge in [-0.3, -0.25) is 9.59 Å². The van der Waals surface area contributed by atoms with Crippen molar-refractivity contribution in [2.24, 2.45) is 5.73 Å². The summed E-state index contributed by atoms with van der Waals surface area (Å²) in [6, 6.07) is 20.4. The van der Waals surface area contributed by atoms with Gasteiger partial charge >= 0.3 is 0 Å². The smallest absolute Gasteiger partial charge is 0.254 e. The van der Waals surface area contributed by atoms with Crippen LogP contribution in [0.3, 0.4) is 0 Å². The highest BCUT2D eigenvalue weighted by molar-refractivity contribution is 5.95. The molecule has 1 heterocycles. The van der Waals surface area contributed by atoms with E-state index >= 15 is 0 Å². The summed E-state index contributed by atoms with van der Waals surface area (Å²) in [6.07, 6.45) is 1.99. The number of aryl methyl sites for hydroxylation is 2. The van der Waals surface area contributed by atoms with E-state index < -0.39 is 5.91 Å². The molecule has 1 atom stereocenters. The van der Waals surface area contributed by atoms with Crippen molar-refractivity contribution in [1.29, 1.82) is 0 Å². The lowest BCUT2D eigenvalue weighted by atomic mass is 9.99. The van der Waals surface area contributed by atoms with E-state index in [9.17, 15) is 9.59 Å². The van der Waals surface area contributed by atoms with Gasteiger partial charge in [-0.25, -0.2) is 0 Å². The molecule has 3 aromatic rings. The van der Waals surface area contributed by atoms with E-state index in [0.29, 0.717) is 22.6 Å². The van der Waals surface area contributed by atoms with E-state index in [1.54, 1.807) is 48.5 Å². The van der Waals surface area contributed by atoms with Crippen LogP contribution in [0.5, 0.6) is 11.5 Å². The zero-order valence-electron chi connectivity index (χ0n) is 17.8. The Morgan fingerprint density at radius 2 is 1.48 bits per heavy atom. The Bertz CT molecular complexity index is 1100. The summed E-state index contributed by atoms with van der Waals surface area (Å²) in [5, 5.41) is 0. The first-order valence-electron chi connectivity index (χ1n) is 10.5. The number of nitrogens with zero attached hydrogens (tertiary/aromatic N) is 1. The first-order chi connectivity index (χ1) is 14.9. The van der Waals surface area contributed by atoms with E-state index in [4.69, 9.17) is 10.5 Å². The maximum Gasteiger partial charge on any atom is 0.254 e. The minimum absolute atomic E-state index is 0.0399. The Hall–Kier alpha value is -3.60. The molecule has 1 saturated heterocycles. The zero-order valence-corrected chi connectivity index (χ0v) is 17.8. The highest BCUT2D eigenvalue weighted by Gasteiger charge is 2.30. The van der Waals surface area contributed by atoms with Crippen molar-refractivity contribution in [2.75, 3.05) is 6.54 Å². The molecule has 2 N–H and O–H groups in total. The number of hydrogen-bond acceptors (Lipinski definition) is 3. The third kappa shape index (κ3) is 4.45. The molecule has 0 radical (unpaired) electrons. The Morgan fingerprint density at radius 1 is 0.871 bits per heavy atom. The standard InChI is InChI=1S/C26H26N2O3/c1-17-5-6-21(16-18(17)2)24-4-3-15-28(24)26(30)20-9-13-23(14-10-20)31-22-11-7-19(8-12-22)25(27)29/h5-14,16,24H,3-4,15H2,1-2H3,(H2,27,29). The van der Waals surface area contributed by atoms with Crippen molar-refractivity contribution in [1.82, 2.24) is 4.90 Å². The van der Waals surface area contributed by atoms with Gasteiger partial charge in [0, 0.05) is 17.7 Å². The van der Waals surface area contributed by atoms with Gasteiger partial charge in [0.2, 0.25) is 5.91 Å². The lowest BCUT2D eigenvalue weighted by molar-refractivity contribution is 0.0735. The molecule has 4 rings (SSSR count). The SMILES string of the molecule is Cc1ccc(C2CCCN2C(=O)c2ccc(Oc3ccc(C(N)=O)cc3)cc2)cc1C. The molecule has 1 aliphatic heterocycles. The van der Waals surface area contributed by atoms with Gasteiger partial charge in [0.1, 0.15) is 11.5 Å². The van der Waals surface area contributed by atoms with Crippen molar-refractivity contribution in [3.8, 4) is 11.5 Å². The van der Waals surface area contributed by atoms with E-state index in [-0.39, 0.29) is 11.9 Å². The molecule has 0 aromatic heterocycles. The Kier molecular flexibility index (Phi) is 5.76. The van der Waals surface area contributed by atoms with Crippen molar-refractivity contribution in [3.63, 3.8) is 0 Å². The topological polar surface area (TPSA) is 72.6 Å². The number of nitrogens with two attached hydrogens (primary N) is 1. The number of primary amides is 1. The first kappa shape index (κ1) is 20.7. The first-order valence-corrected chi connectivity index (χ1v) is 10.5. The van der Waals surface area contributed by atoms with Crippen molar-refractivity contribution >= 4 is 11.8 Å². The minimum atomic E-state index is -0.476. The van der Waals surface area contributed by atoms with E-state index in [2.05, 4.69) is 32.0 Å². The van der Waals surface area contributed by atoms with Crippen molar-refractivity contribution in [2.45, 2.75) is 32.7 Å². The second-order valence-electron chi connectivity index (χ2n) is 8.02. The van der Waals surface area contributed by atoms with Gasteiger partial charge in [-0.2, -0.15) is 0 Å². The predicted molar refractivity (Wildman–Crippen MR) is 120 cm³/mol. The fraction of sp³-hybridized carbons (Fsp3) is 0.231. The molecule has 1 unspecified atom stereocenters. The van der Waals surface area contributed by atoms with Crippen LogP contribution in [-0.4, -0.2) is 23.3 Å². The Labute approximate surface area is 182 Å². The second-order valence-corrected chi connectivity index (χ2v) is 8.02. The average Bonchev–Trinajstić information content (AvgIpc) is 3.26. The van der Waals surface area contributed by atoms with Gasteiger partial charge < -0.3 is 15.4 Å². The Balaban J connectivity index is 1.47. The molecule has 1 aliphatic rings. The normalized spacial score (nSPS) is 15.7. The van der Waals surface area contributed by atoms with E-state index in [1.807, 2.05) is 4.90 Å². The minimum Gasteiger partial charge on any atom is -0.457 e. The summed E-state index contributed by atoms with van der Waals surface area (Å²) in [6.45, 7) is 4.98. The lowest BCUT2D eigenvalue weighted by Gasteiger charge is -2.26. The molecule has 0 bridgehead atoms. The van der Waals surface area contributed by atoms with Crippen LogP contribution in [0.25, 0.3) is 0 Å². The largest absolute Gasteiger partial charge is 0.457 e. The second kappa shape index (κ2) is 8.64. The van der Waals surface area contributed by atoms with Crippen LogP contribution in [0.2, 0.25) is 0 Å². The molecule has 0 spiro atoms. The maximum atomic E-state index is 13.2. The van der Waals surface area contributed by atoms with Gasteiger partial charge in [-0.15, -0.1) is 0 Å². The third-order valence-corrected chi connectivity index (χ3v) is 5.91. The summed E-state index contributed by atoms with van der Waals surface area (Å²) in [7, 11) is 0. The number of likely N-dealkylation sites (tertiary alicyclic amines) is 1. The summed E-state index contributed by atoms with van der Waals surface area (Å²) in [5.41, 5.74) is 10.0. The van der Waals surface area contributed by atoms with Crippen LogP contribution in [0.1, 0.15) is 56.3 Å². The van der Waals surface area contributed by atoms with Gasteiger partial charge in [-0.05, 0) is 91.9 Å². The molecule has 5 nitrogen and oxygen atoms in total. The molecule has 1 fully saturated rings. The molecule has 3 aromatic carbocycles. The van der Waals surface area contributed by atoms with Crippen LogP contribution in [0, 0.1) is 13.8 Å². The third-order valence-electron chi connectivity index (χ3n) is 5.91. The van der Waals surface area contributed by atoms with Crippen LogP contribution >= 0.6 is 0 Å². The number of rotatable bonds is 5. The van der Waals surface area contributed by atoms with Crippen LogP contribution < -0.4 is 10.5 Å². The Morgan fingerprint density at radius 3 is 2.06 bits per heavy atom. The van der Waals surface area contributed by atoms with Gasteiger partial charge in [0.25, 0.3) is 5.91 Å². The monoisotopic (exact) mass is 414 g/mol. The van der Waals surface area contributed by atoms with E-state index in [0.717, 1.165) is 19.4 Å². The number of ether oxygens (including phenoxy) is 1. The lowest BCUT2D eigenvalue weighted by Crippen LogP contribution is -2.30. The number of carbonyl (C=O) groups excluding carboxylic acids is 2. The summed E-state index contributed by atoms with van der Waals surface area (Å²) in [4.78, 5) is 26.3. The predicted octanol–water partition coefficient (Wildman–Crippen LogP) is 5.17. The van der Waals surface area contributed by atoms with Crippen molar-refractivity contribution in [3.05, 3.63) is 94.5 Å². The van der Waals surface area contributed by atoms with E-state index in [1.165, 1.54) is 16.7 Å². The zero-order chi connectivity index (χ0) is 22.0. The molecular formula is C26H26N2O3. The fourth-order valence-electron chi connectivity index (χ4n) is 3.98. The number of hydrogen-bond donors (Lipinski definition) is 1. The van der Waals surface area contributed by atoms with Gasteiger partial charge in [-0.1, -0.05) is 18.2 Å². The van der Waals surface area contributed by atoms with Crippen molar-refractivity contribution < 1.29 is 14.3 Å². The quantitative estimate of drug-likeness (QED) is 0.626. The molecule has 2 amide bonds. The van der Waals surface area contributed by atoms with Crippen LogP contribution in [0.4, 0.5) is 0 Å². The van der Waals surface area contributed by atoms with Gasteiger partial charge in [0.05, 0.1) is 6.04 Å². The fourth-order valence-corrected chi connectivity index (χ4v) is 3.98. The van der Waals surface area contributed by atoms with Gasteiger partial charge in [0.15, 0.2) is 0 Å². The maximum absolute atomic E-state index is 13.2.